The number of amides is 1. The van der Waals surface area contributed by atoms with E-state index < -0.39 is 0 Å². The van der Waals surface area contributed by atoms with Crippen LogP contribution >= 0.6 is 0 Å². The Morgan fingerprint density at radius 2 is 2.00 bits per heavy atom. The molecule has 0 radical (unpaired) electrons. The maximum atomic E-state index is 11.1. The van der Waals surface area contributed by atoms with Crippen LogP contribution in [0.4, 0.5) is 0 Å². The number of nitrogens with two attached hydrogens (primary N) is 1. The second-order valence-electron chi connectivity index (χ2n) is 3.30. The molecule has 0 heterocycles. The van der Waals surface area contributed by atoms with Crippen LogP contribution in [0.5, 0.6) is 0 Å². The minimum atomic E-state index is -0.185. The van der Waals surface area contributed by atoms with Crippen molar-refractivity contribution in [2.75, 3.05) is 0 Å². The van der Waals surface area contributed by atoms with Gasteiger partial charge in [-0.2, -0.15) is 0 Å². The van der Waals surface area contributed by atoms with E-state index in [9.17, 15) is 4.79 Å². The van der Waals surface area contributed by atoms with E-state index in [0.717, 1.165) is 25.7 Å². The van der Waals surface area contributed by atoms with Gasteiger partial charge in [0.1, 0.15) is 0 Å². The average molecular weight is 183 g/mol. The Labute approximate surface area is 81.2 Å². The van der Waals surface area contributed by atoms with E-state index in [1.54, 1.807) is 0 Å². The number of allylic oxidation sites excluding steroid dienone is 1. The summed E-state index contributed by atoms with van der Waals surface area (Å²) in [7, 11) is 0. The van der Waals surface area contributed by atoms with Crippen molar-refractivity contribution in [3.05, 3.63) is 11.6 Å². The molecule has 0 fully saturated rings. The molecule has 0 aliphatic carbocycles. The van der Waals surface area contributed by atoms with Crippen molar-refractivity contribution in [1.82, 2.24) is 0 Å². The molecule has 0 aromatic heterocycles. The van der Waals surface area contributed by atoms with Crippen LogP contribution in [0.15, 0.2) is 11.6 Å². The lowest BCUT2D eigenvalue weighted by Gasteiger charge is -2.14. The smallest absolute Gasteiger partial charge is 0.224 e. The number of carbonyl (C=O) groups is 1. The Bertz CT molecular complexity index is 185. The fraction of sp³-hybridized carbons (Fsp3) is 0.727. The summed E-state index contributed by atoms with van der Waals surface area (Å²) in [5.74, 6) is -0.226. The Balaban J connectivity index is 4.48. The minimum Gasteiger partial charge on any atom is -0.369 e. The van der Waals surface area contributed by atoms with Crippen LogP contribution in [-0.4, -0.2) is 5.91 Å². The summed E-state index contributed by atoms with van der Waals surface area (Å²) in [5, 5.41) is 0. The second-order valence-corrected chi connectivity index (χ2v) is 3.30. The number of carbonyl (C=O) groups excluding carboxylic acids is 1. The van der Waals surface area contributed by atoms with Gasteiger partial charge in [-0.25, -0.2) is 0 Å². The van der Waals surface area contributed by atoms with Crippen LogP contribution in [0.1, 0.15) is 46.5 Å². The molecule has 1 atom stereocenters. The molecule has 0 unspecified atom stereocenters. The van der Waals surface area contributed by atoms with E-state index in [2.05, 4.69) is 19.9 Å². The normalized spacial score (nSPS) is 14.2. The highest BCUT2D eigenvalue weighted by molar-refractivity contribution is 5.79. The van der Waals surface area contributed by atoms with E-state index >= 15 is 0 Å². The fourth-order valence-electron chi connectivity index (χ4n) is 1.62. The van der Waals surface area contributed by atoms with Crippen LogP contribution in [0, 0.1) is 5.92 Å². The first-order valence-corrected chi connectivity index (χ1v) is 5.15. The number of hydrogen-bond donors (Lipinski definition) is 1. The second kappa shape index (κ2) is 6.70. The highest BCUT2D eigenvalue weighted by Gasteiger charge is 2.16. The van der Waals surface area contributed by atoms with Crippen molar-refractivity contribution in [2.45, 2.75) is 46.5 Å². The van der Waals surface area contributed by atoms with Crippen molar-refractivity contribution in [1.29, 1.82) is 0 Å². The summed E-state index contributed by atoms with van der Waals surface area (Å²) in [6, 6.07) is 0. The SMILES string of the molecule is CC/C=C(/CCC)[C@@H](CC)C(N)=O. The Kier molecular flexibility index (Phi) is 6.29. The lowest BCUT2D eigenvalue weighted by molar-refractivity contribution is -0.120. The first-order valence-electron chi connectivity index (χ1n) is 5.15. The molecule has 0 aromatic rings. The molecule has 2 heteroatoms. The van der Waals surface area contributed by atoms with Gasteiger partial charge in [0.15, 0.2) is 0 Å². The quantitative estimate of drug-likeness (QED) is 0.632. The van der Waals surface area contributed by atoms with Gasteiger partial charge >= 0.3 is 0 Å². The molecule has 13 heavy (non-hydrogen) atoms. The number of rotatable bonds is 6. The van der Waals surface area contributed by atoms with Gasteiger partial charge in [-0.3, -0.25) is 4.79 Å². The zero-order valence-corrected chi connectivity index (χ0v) is 8.97. The summed E-state index contributed by atoms with van der Waals surface area (Å²) < 4.78 is 0. The van der Waals surface area contributed by atoms with E-state index in [1.165, 1.54) is 5.57 Å². The van der Waals surface area contributed by atoms with Crippen LogP contribution < -0.4 is 5.73 Å². The predicted octanol–water partition coefficient (Wildman–Crippen LogP) is 2.63. The molecule has 2 nitrogen and oxygen atoms in total. The van der Waals surface area contributed by atoms with Crippen molar-refractivity contribution in [2.24, 2.45) is 11.7 Å². The molecule has 76 valence electrons. The highest BCUT2D eigenvalue weighted by atomic mass is 16.1. The summed E-state index contributed by atoms with van der Waals surface area (Å²) in [4.78, 5) is 11.1. The van der Waals surface area contributed by atoms with E-state index in [0.29, 0.717) is 0 Å². The van der Waals surface area contributed by atoms with Gasteiger partial charge in [0.05, 0.1) is 5.92 Å². The van der Waals surface area contributed by atoms with Crippen LogP contribution in [0.2, 0.25) is 0 Å². The topological polar surface area (TPSA) is 43.1 Å². The molecule has 0 saturated heterocycles. The third-order valence-corrected chi connectivity index (χ3v) is 2.20. The lowest BCUT2D eigenvalue weighted by Crippen LogP contribution is -2.24. The molecule has 0 aliphatic rings. The minimum absolute atomic E-state index is 0.0418. The van der Waals surface area contributed by atoms with Crippen molar-refractivity contribution >= 4 is 5.91 Å². The fourth-order valence-corrected chi connectivity index (χ4v) is 1.62. The van der Waals surface area contributed by atoms with Gasteiger partial charge in [0.25, 0.3) is 0 Å². The molecular weight excluding hydrogens is 162 g/mol. The zero-order chi connectivity index (χ0) is 10.3. The molecular formula is C11H21NO. The first-order chi connectivity index (χ1) is 6.17. The molecule has 1 amide bonds. The largest absolute Gasteiger partial charge is 0.369 e. The van der Waals surface area contributed by atoms with E-state index in [4.69, 9.17) is 5.73 Å². The van der Waals surface area contributed by atoms with Crippen molar-refractivity contribution < 1.29 is 4.79 Å². The van der Waals surface area contributed by atoms with Crippen LogP contribution in [0.3, 0.4) is 0 Å². The maximum Gasteiger partial charge on any atom is 0.224 e. The van der Waals surface area contributed by atoms with Crippen molar-refractivity contribution in [3.63, 3.8) is 0 Å². The van der Waals surface area contributed by atoms with Gasteiger partial charge in [-0.05, 0) is 19.3 Å². The van der Waals surface area contributed by atoms with Crippen LogP contribution in [0.25, 0.3) is 0 Å². The van der Waals surface area contributed by atoms with E-state index in [1.807, 2.05) is 6.92 Å². The predicted molar refractivity (Wildman–Crippen MR) is 56.3 cm³/mol. The number of hydrogen-bond acceptors (Lipinski definition) is 1. The third kappa shape index (κ3) is 4.11. The monoisotopic (exact) mass is 183 g/mol. The maximum absolute atomic E-state index is 11.1. The van der Waals surface area contributed by atoms with E-state index in [-0.39, 0.29) is 11.8 Å². The van der Waals surface area contributed by atoms with Gasteiger partial charge in [-0.15, -0.1) is 0 Å². The lowest BCUT2D eigenvalue weighted by atomic mass is 9.91. The Morgan fingerprint density at radius 3 is 2.31 bits per heavy atom. The molecule has 0 spiro atoms. The Hall–Kier alpha value is -0.790. The molecule has 0 saturated carbocycles. The summed E-state index contributed by atoms with van der Waals surface area (Å²) in [5.41, 5.74) is 6.55. The molecule has 0 rings (SSSR count). The average Bonchev–Trinajstić information content (AvgIpc) is 2.05. The summed E-state index contributed by atoms with van der Waals surface area (Å²) in [6.45, 7) is 6.22. The van der Waals surface area contributed by atoms with Gasteiger partial charge < -0.3 is 5.73 Å². The van der Waals surface area contributed by atoms with Gasteiger partial charge in [0.2, 0.25) is 5.91 Å². The molecule has 0 bridgehead atoms. The zero-order valence-electron chi connectivity index (χ0n) is 8.97. The summed E-state index contributed by atoms with van der Waals surface area (Å²) >= 11 is 0. The first kappa shape index (κ1) is 12.2. The molecule has 2 N–H and O–H groups in total. The Morgan fingerprint density at radius 1 is 1.38 bits per heavy atom. The van der Waals surface area contributed by atoms with Gasteiger partial charge in [-0.1, -0.05) is 38.8 Å². The standard InChI is InChI=1S/C11H21NO/c1-4-7-9(8-5-2)10(6-3)11(12)13/h7,10H,4-6,8H2,1-3H3,(H2,12,13)/b9-7-/t10-/m1/s1. The summed E-state index contributed by atoms with van der Waals surface area (Å²) in [6.07, 6.45) is 6.02. The number of primary amides is 1. The third-order valence-electron chi connectivity index (χ3n) is 2.20. The molecule has 0 aliphatic heterocycles. The van der Waals surface area contributed by atoms with Crippen LogP contribution in [-0.2, 0) is 4.79 Å². The highest BCUT2D eigenvalue weighted by Crippen LogP contribution is 2.20. The molecule has 0 aromatic carbocycles. The van der Waals surface area contributed by atoms with Crippen molar-refractivity contribution in [3.8, 4) is 0 Å². The van der Waals surface area contributed by atoms with Gasteiger partial charge in [0, 0.05) is 0 Å².